The lowest BCUT2D eigenvalue weighted by Gasteiger charge is -2.14. The van der Waals surface area contributed by atoms with Crippen molar-refractivity contribution in [1.82, 2.24) is 14.5 Å². The first-order valence-electron chi connectivity index (χ1n) is 8.27. The Hall–Kier alpha value is -3.47. The van der Waals surface area contributed by atoms with Crippen LogP contribution in [0.2, 0.25) is 0 Å². The van der Waals surface area contributed by atoms with Crippen LogP contribution in [0.5, 0.6) is 5.75 Å². The summed E-state index contributed by atoms with van der Waals surface area (Å²) in [5.74, 6) is 1.85. The predicted octanol–water partition coefficient (Wildman–Crippen LogP) is 3.76. The highest BCUT2D eigenvalue weighted by Gasteiger charge is 2.15. The zero-order valence-corrected chi connectivity index (χ0v) is 14.5. The van der Waals surface area contributed by atoms with Crippen molar-refractivity contribution in [3.63, 3.8) is 0 Å². The monoisotopic (exact) mass is 343 g/mol. The van der Waals surface area contributed by atoms with Crippen molar-refractivity contribution < 1.29 is 4.74 Å². The summed E-state index contributed by atoms with van der Waals surface area (Å²) >= 11 is 0. The van der Waals surface area contributed by atoms with Crippen molar-refractivity contribution in [2.75, 3.05) is 7.11 Å². The number of rotatable bonds is 3. The van der Waals surface area contributed by atoms with Gasteiger partial charge in [0, 0.05) is 11.3 Å². The average molecular weight is 343 g/mol. The largest absolute Gasteiger partial charge is 0.497 e. The standard InChI is InChI=1S/C21H17N3O2/c1-14-6-5-9-19(22-14)24-20(15-10-12-16(26-2)13-11-15)23-18-8-4-3-7-17(18)21(24)25/h3-13H,1-2H3. The van der Waals surface area contributed by atoms with Gasteiger partial charge in [-0.3, -0.25) is 4.79 Å². The number of para-hydroxylation sites is 1. The molecular weight excluding hydrogens is 326 g/mol. The van der Waals surface area contributed by atoms with Crippen LogP contribution in [0.1, 0.15) is 5.69 Å². The molecule has 0 bridgehead atoms. The van der Waals surface area contributed by atoms with Crippen molar-refractivity contribution in [1.29, 1.82) is 0 Å². The minimum absolute atomic E-state index is 0.139. The molecule has 0 amide bonds. The molecule has 0 radical (unpaired) electrons. The third-order valence-electron chi connectivity index (χ3n) is 4.23. The molecule has 2 aromatic carbocycles. The van der Waals surface area contributed by atoms with Crippen LogP contribution >= 0.6 is 0 Å². The normalized spacial score (nSPS) is 10.8. The second-order valence-electron chi connectivity index (χ2n) is 5.96. The Bertz CT molecular complexity index is 1150. The van der Waals surface area contributed by atoms with Gasteiger partial charge in [0.15, 0.2) is 0 Å². The molecular formula is C21H17N3O2. The molecule has 0 fully saturated rings. The van der Waals surface area contributed by atoms with E-state index in [1.165, 1.54) is 0 Å². The highest BCUT2D eigenvalue weighted by Crippen LogP contribution is 2.23. The Morgan fingerprint density at radius 1 is 0.885 bits per heavy atom. The average Bonchev–Trinajstić information content (AvgIpc) is 2.68. The van der Waals surface area contributed by atoms with Crippen LogP contribution in [0, 0.1) is 6.92 Å². The van der Waals surface area contributed by atoms with Gasteiger partial charge in [0.05, 0.1) is 18.0 Å². The van der Waals surface area contributed by atoms with E-state index in [0.29, 0.717) is 22.5 Å². The highest BCUT2D eigenvalue weighted by atomic mass is 16.5. The Balaban J connectivity index is 2.06. The molecule has 0 atom stereocenters. The van der Waals surface area contributed by atoms with Gasteiger partial charge >= 0.3 is 0 Å². The maximum atomic E-state index is 13.2. The minimum Gasteiger partial charge on any atom is -0.497 e. The lowest BCUT2D eigenvalue weighted by molar-refractivity contribution is 0.415. The first kappa shape index (κ1) is 16.0. The molecule has 0 saturated carbocycles. The molecule has 2 heterocycles. The van der Waals surface area contributed by atoms with Gasteiger partial charge in [-0.1, -0.05) is 18.2 Å². The molecule has 0 unspecified atom stereocenters. The minimum atomic E-state index is -0.139. The first-order chi connectivity index (χ1) is 12.7. The van der Waals surface area contributed by atoms with Crippen LogP contribution in [0.15, 0.2) is 71.5 Å². The fourth-order valence-electron chi connectivity index (χ4n) is 2.93. The Labute approximate surface area is 150 Å². The van der Waals surface area contributed by atoms with E-state index in [1.807, 2.05) is 67.6 Å². The molecule has 5 heteroatoms. The molecule has 4 aromatic rings. The van der Waals surface area contributed by atoms with Crippen LogP contribution in [-0.4, -0.2) is 21.6 Å². The molecule has 0 aliphatic heterocycles. The second-order valence-corrected chi connectivity index (χ2v) is 5.96. The SMILES string of the molecule is COc1ccc(-c2nc3ccccc3c(=O)n2-c2cccc(C)n2)cc1. The molecule has 128 valence electrons. The Morgan fingerprint density at radius 2 is 1.65 bits per heavy atom. The van der Waals surface area contributed by atoms with Gasteiger partial charge in [-0.05, 0) is 55.5 Å². The molecule has 0 saturated heterocycles. The van der Waals surface area contributed by atoms with Crippen LogP contribution < -0.4 is 10.3 Å². The third-order valence-corrected chi connectivity index (χ3v) is 4.23. The van der Waals surface area contributed by atoms with E-state index in [4.69, 9.17) is 9.72 Å². The van der Waals surface area contributed by atoms with E-state index in [2.05, 4.69) is 4.98 Å². The summed E-state index contributed by atoms with van der Waals surface area (Å²) in [6, 6.07) is 20.4. The van der Waals surface area contributed by atoms with Gasteiger partial charge in [0.1, 0.15) is 17.4 Å². The summed E-state index contributed by atoms with van der Waals surface area (Å²) in [6.45, 7) is 1.90. The van der Waals surface area contributed by atoms with Gasteiger partial charge in [-0.15, -0.1) is 0 Å². The lowest BCUT2D eigenvalue weighted by Crippen LogP contribution is -2.23. The second kappa shape index (κ2) is 6.44. The molecule has 4 rings (SSSR count). The number of nitrogens with zero attached hydrogens (tertiary/aromatic N) is 3. The molecule has 0 N–H and O–H groups in total. The Kier molecular flexibility index (Phi) is 3.97. The summed E-state index contributed by atoms with van der Waals surface area (Å²) in [6.07, 6.45) is 0. The quantitative estimate of drug-likeness (QED) is 0.568. The van der Waals surface area contributed by atoms with Gasteiger partial charge in [-0.2, -0.15) is 0 Å². The first-order valence-corrected chi connectivity index (χ1v) is 8.27. The predicted molar refractivity (Wildman–Crippen MR) is 102 cm³/mol. The maximum absolute atomic E-state index is 13.2. The number of methoxy groups -OCH3 is 1. The number of hydrogen-bond donors (Lipinski definition) is 0. The molecule has 0 aliphatic rings. The number of aromatic nitrogens is 3. The zero-order valence-electron chi connectivity index (χ0n) is 14.5. The molecule has 0 aliphatic carbocycles. The van der Waals surface area contributed by atoms with Gasteiger partial charge in [0.2, 0.25) is 0 Å². The number of pyridine rings is 1. The molecule has 2 aromatic heterocycles. The number of aryl methyl sites for hydroxylation is 1. The fourth-order valence-corrected chi connectivity index (χ4v) is 2.93. The highest BCUT2D eigenvalue weighted by molar-refractivity contribution is 5.80. The van der Waals surface area contributed by atoms with E-state index in [1.54, 1.807) is 17.7 Å². The van der Waals surface area contributed by atoms with E-state index >= 15 is 0 Å². The van der Waals surface area contributed by atoms with Crippen LogP contribution in [-0.2, 0) is 0 Å². The van der Waals surface area contributed by atoms with Crippen LogP contribution in [0.25, 0.3) is 28.1 Å². The van der Waals surface area contributed by atoms with Gasteiger partial charge < -0.3 is 4.74 Å². The molecule has 5 nitrogen and oxygen atoms in total. The molecule has 0 spiro atoms. The summed E-state index contributed by atoms with van der Waals surface area (Å²) in [4.78, 5) is 22.5. The van der Waals surface area contributed by atoms with Crippen LogP contribution in [0.4, 0.5) is 0 Å². The van der Waals surface area contributed by atoms with Crippen molar-refractivity contribution in [2.24, 2.45) is 0 Å². The number of fused-ring (bicyclic) bond motifs is 1. The third kappa shape index (κ3) is 2.73. The summed E-state index contributed by atoms with van der Waals surface area (Å²) < 4.78 is 6.79. The van der Waals surface area contributed by atoms with E-state index < -0.39 is 0 Å². The van der Waals surface area contributed by atoms with Crippen molar-refractivity contribution in [3.05, 3.63) is 82.8 Å². The van der Waals surface area contributed by atoms with E-state index in [-0.39, 0.29) is 5.56 Å². The van der Waals surface area contributed by atoms with E-state index in [9.17, 15) is 4.79 Å². The number of ether oxygens (including phenoxy) is 1. The molecule has 26 heavy (non-hydrogen) atoms. The topological polar surface area (TPSA) is 57.0 Å². The van der Waals surface area contributed by atoms with Gasteiger partial charge in [-0.25, -0.2) is 14.5 Å². The smallest absolute Gasteiger partial charge is 0.267 e. The van der Waals surface area contributed by atoms with Crippen molar-refractivity contribution in [2.45, 2.75) is 6.92 Å². The lowest BCUT2D eigenvalue weighted by atomic mass is 10.1. The number of benzene rings is 2. The zero-order chi connectivity index (χ0) is 18.1. The summed E-state index contributed by atoms with van der Waals surface area (Å²) in [7, 11) is 1.62. The van der Waals surface area contributed by atoms with Crippen LogP contribution in [0.3, 0.4) is 0 Å². The summed E-state index contributed by atoms with van der Waals surface area (Å²) in [5, 5.41) is 0.563. The number of hydrogen-bond acceptors (Lipinski definition) is 4. The van der Waals surface area contributed by atoms with Crippen molar-refractivity contribution >= 4 is 10.9 Å². The fraction of sp³-hybridized carbons (Fsp3) is 0.0952. The maximum Gasteiger partial charge on any atom is 0.267 e. The van der Waals surface area contributed by atoms with Crippen molar-refractivity contribution in [3.8, 4) is 23.0 Å². The Morgan fingerprint density at radius 3 is 2.38 bits per heavy atom. The summed E-state index contributed by atoms with van der Waals surface area (Å²) in [5.41, 5.74) is 2.17. The van der Waals surface area contributed by atoms with Gasteiger partial charge in [0.25, 0.3) is 5.56 Å². The van der Waals surface area contributed by atoms with E-state index in [0.717, 1.165) is 17.0 Å².